The van der Waals surface area contributed by atoms with Crippen molar-refractivity contribution in [2.75, 3.05) is 0 Å². The molecular weight excluding hydrogens is 383 g/mol. The molecule has 0 bridgehead atoms. The first kappa shape index (κ1) is 17.8. The number of benzene rings is 2. The number of ketones is 1. The van der Waals surface area contributed by atoms with Crippen molar-refractivity contribution in [3.8, 4) is 0 Å². The molecular formula is C20H20BrFN2O. The number of hydrogen-bond donors (Lipinski definition) is 1. The van der Waals surface area contributed by atoms with E-state index in [-0.39, 0.29) is 11.3 Å². The molecule has 25 heavy (non-hydrogen) atoms. The predicted octanol–water partition coefficient (Wildman–Crippen LogP) is 5.74. The van der Waals surface area contributed by atoms with E-state index in [0.717, 1.165) is 28.4 Å². The average molecular weight is 403 g/mol. The number of carbonyl (C=O) groups excluding carboxylic acids is 1. The summed E-state index contributed by atoms with van der Waals surface area (Å²) in [5.41, 5.74) is 3.81. The Morgan fingerprint density at radius 3 is 2.84 bits per heavy atom. The Morgan fingerprint density at radius 1 is 1.32 bits per heavy atom. The molecule has 0 saturated carbocycles. The number of aromatic amines is 1. The van der Waals surface area contributed by atoms with E-state index >= 15 is 4.39 Å². The molecule has 0 unspecified atom stereocenters. The fourth-order valence-corrected chi connectivity index (χ4v) is 3.50. The number of imidazole rings is 1. The summed E-state index contributed by atoms with van der Waals surface area (Å²) in [7, 11) is 0. The van der Waals surface area contributed by atoms with Gasteiger partial charge in [0.25, 0.3) is 0 Å². The van der Waals surface area contributed by atoms with Crippen LogP contribution in [0.4, 0.5) is 4.39 Å². The fraction of sp³-hybridized carbons (Fsp3) is 0.300. The maximum absolute atomic E-state index is 15.1. The monoisotopic (exact) mass is 402 g/mol. The van der Waals surface area contributed by atoms with E-state index in [0.29, 0.717) is 29.5 Å². The quantitative estimate of drug-likeness (QED) is 0.534. The molecule has 0 aliphatic rings. The van der Waals surface area contributed by atoms with Crippen molar-refractivity contribution in [1.29, 1.82) is 0 Å². The second-order valence-electron chi connectivity index (χ2n) is 6.29. The van der Waals surface area contributed by atoms with Crippen LogP contribution in [0.1, 0.15) is 53.2 Å². The van der Waals surface area contributed by atoms with Gasteiger partial charge in [-0.1, -0.05) is 35.3 Å². The van der Waals surface area contributed by atoms with Crippen LogP contribution in [0.5, 0.6) is 0 Å². The summed E-state index contributed by atoms with van der Waals surface area (Å²) in [5, 5.41) is 0. The minimum atomic E-state index is -0.402. The summed E-state index contributed by atoms with van der Waals surface area (Å²) >= 11 is 3.45. The highest BCUT2D eigenvalue weighted by Gasteiger charge is 2.20. The Balaban J connectivity index is 2.10. The van der Waals surface area contributed by atoms with Gasteiger partial charge < -0.3 is 4.98 Å². The van der Waals surface area contributed by atoms with Crippen LogP contribution >= 0.6 is 15.9 Å². The van der Waals surface area contributed by atoms with Crippen LogP contribution in [0.25, 0.3) is 11.0 Å². The minimum absolute atomic E-state index is 0.0120. The highest BCUT2D eigenvalue weighted by Crippen LogP contribution is 2.28. The van der Waals surface area contributed by atoms with E-state index in [1.54, 1.807) is 6.07 Å². The highest BCUT2D eigenvalue weighted by molar-refractivity contribution is 9.10. The topological polar surface area (TPSA) is 45.8 Å². The molecule has 1 aromatic heterocycles. The Bertz CT molecular complexity index is 933. The number of fused-ring (bicyclic) bond motifs is 1. The molecule has 3 aromatic rings. The molecule has 0 aliphatic carbocycles. The van der Waals surface area contributed by atoms with Gasteiger partial charge in [-0.3, -0.25) is 4.79 Å². The zero-order valence-electron chi connectivity index (χ0n) is 14.3. The van der Waals surface area contributed by atoms with Gasteiger partial charge in [0.15, 0.2) is 11.6 Å². The first-order valence-electron chi connectivity index (χ1n) is 8.44. The average Bonchev–Trinajstić information content (AvgIpc) is 3.05. The summed E-state index contributed by atoms with van der Waals surface area (Å²) in [6.07, 6.45) is 4.01. The molecule has 0 radical (unpaired) electrons. The maximum Gasteiger partial charge on any atom is 0.163 e. The molecule has 0 fully saturated rings. The van der Waals surface area contributed by atoms with Crippen LogP contribution in [-0.4, -0.2) is 15.8 Å². The molecule has 0 spiro atoms. The lowest BCUT2D eigenvalue weighted by Gasteiger charge is -2.13. The SMILES string of the molecule is CCCCC(=O)c1cc2[nH]cnc2c(F)c1Cc1ccc(Br)cc1C. The van der Waals surface area contributed by atoms with Crippen molar-refractivity contribution in [3.05, 3.63) is 63.1 Å². The Morgan fingerprint density at radius 2 is 2.12 bits per heavy atom. The number of rotatable bonds is 6. The molecule has 2 aromatic carbocycles. The number of aromatic nitrogens is 2. The van der Waals surface area contributed by atoms with Gasteiger partial charge in [-0.05, 0) is 42.7 Å². The summed E-state index contributed by atoms with van der Waals surface area (Å²) in [5.74, 6) is -0.414. The normalized spacial score (nSPS) is 11.2. The third-order valence-corrected chi connectivity index (χ3v) is 4.98. The van der Waals surface area contributed by atoms with E-state index in [4.69, 9.17) is 0 Å². The van der Waals surface area contributed by atoms with Gasteiger partial charge in [-0.2, -0.15) is 0 Å². The van der Waals surface area contributed by atoms with Crippen LogP contribution in [0.3, 0.4) is 0 Å². The second kappa shape index (κ2) is 7.48. The van der Waals surface area contributed by atoms with Gasteiger partial charge in [0.1, 0.15) is 5.52 Å². The van der Waals surface area contributed by atoms with Crippen molar-refractivity contribution < 1.29 is 9.18 Å². The van der Waals surface area contributed by atoms with E-state index < -0.39 is 5.82 Å². The van der Waals surface area contributed by atoms with Crippen LogP contribution < -0.4 is 0 Å². The first-order chi connectivity index (χ1) is 12.0. The number of carbonyl (C=O) groups is 1. The third-order valence-electron chi connectivity index (χ3n) is 4.49. The largest absolute Gasteiger partial charge is 0.344 e. The first-order valence-corrected chi connectivity index (χ1v) is 9.23. The Hall–Kier alpha value is -2.01. The zero-order chi connectivity index (χ0) is 18.0. The predicted molar refractivity (Wildman–Crippen MR) is 102 cm³/mol. The number of unbranched alkanes of at least 4 members (excludes halogenated alkanes) is 1. The van der Waals surface area contributed by atoms with Crippen LogP contribution in [0, 0.1) is 12.7 Å². The van der Waals surface area contributed by atoms with Crippen molar-refractivity contribution in [3.63, 3.8) is 0 Å². The third kappa shape index (κ3) is 3.66. The van der Waals surface area contributed by atoms with Gasteiger partial charge in [0.05, 0.1) is 11.8 Å². The molecule has 5 heteroatoms. The highest BCUT2D eigenvalue weighted by atomic mass is 79.9. The maximum atomic E-state index is 15.1. The minimum Gasteiger partial charge on any atom is -0.344 e. The zero-order valence-corrected chi connectivity index (χ0v) is 15.9. The lowest BCUT2D eigenvalue weighted by Crippen LogP contribution is -2.08. The van der Waals surface area contributed by atoms with Crippen molar-refractivity contribution in [1.82, 2.24) is 9.97 Å². The number of Topliss-reactive ketones (excluding diaryl/α,β-unsaturated/α-hetero) is 1. The number of aryl methyl sites for hydroxylation is 1. The molecule has 1 heterocycles. The molecule has 1 N–H and O–H groups in total. The second-order valence-corrected chi connectivity index (χ2v) is 7.21. The summed E-state index contributed by atoms with van der Waals surface area (Å²) < 4.78 is 16.1. The van der Waals surface area contributed by atoms with Crippen molar-refractivity contribution in [2.45, 2.75) is 39.5 Å². The molecule has 0 aliphatic heterocycles. The van der Waals surface area contributed by atoms with Gasteiger partial charge in [-0.25, -0.2) is 9.37 Å². The molecule has 130 valence electrons. The van der Waals surface area contributed by atoms with Crippen LogP contribution in [0.15, 0.2) is 35.1 Å². The standard InChI is InChI=1S/C20H20BrFN2O/c1-3-4-5-18(25)15-10-17-20(24-11-23-17)19(22)16(15)9-13-6-7-14(21)8-12(13)2/h6-8,10-11H,3-5,9H2,1-2H3,(H,23,24). The summed E-state index contributed by atoms with van der Waals surface area (Å²) in [6.45, 7) is 4.03. The number of H-pyrrole nitrogens is 1. The number of nitrogens with zero attached hydrogens (tertiary/aromatic N) is 1. The number of nitrogens with one attached hydrogen (secondary N) is 1. The molecule has 0 saturated heterocycles. The lowest BCUT2D eigenvalue weighted by atomic mass is 9.92. The van der Waals surface area contributed by atoms with Crippen molar-refractivity contribution >= 4 is 32.7 Å². The Labute approximate surface area is 154 Å². The molecule has 0 amide bonds. The van der Waals surface area contributed by atoms with Gasteiger partial charge in [0.2, 0.25) is 0 Å². The fourth-order valence-electron chi connectivity index (χ4n) is 3.02. The van der Waals surface area contributed by atoms with Crippen LogP contribution in [0.2, 0.25) is 0 Å². The number of hydrogen-bond acceptors (Lipinski definition) is 2. The van der Waals surface area contributed by atoms with E-state index in [1.807, 2.05) is 32.0 Å². The van der Waals surface area contributed by atoms with Gasteiger partial charge in [0, 0.05) is 28.4 Å². The summed E-state index contributed by atoms with van der Waals surface area (Å²) in [4.78, 5) is 19.6. The van der Waals surface area contributed by atoms with Crippen LogP contribution in [-0.2, 0) is 6.42 Å². The van der Waals surface area contributed by atoms with E-state index in [9.17, 15) is 4.79 Å². The molecule has 3 rings (SSSR count). The van der Waals surface area contributed by atoms with Crippen molar-refractivity contribution in [2.24, 2.45) is 0 Å². The molecule has 0 atom stereocenters. The van der Waals surface area contributed by atoms with Gasteiger partial charge in [-0.15, -0.1) is 0 Å². The lowest BCUT2D eigenvalue weighted by molar-refractivity contribution is 0.0978. The Kier molecular flexibility index (Phi) is 5.33. The smallest absolute Gasteiger partial charge is 0.163 e. The summed E-state index contributed by atoms with van der Waals surface area (Å²) in [6, 6.07) is 7.64. The molecule has 3 nitrogen and oxygen atoms in total. The van der Waals surface area contributed by atoms with E-state index in [1.165, 1.54) is 6.33 Å². The van der Waals surface area contributed by atoms with Gasteiger partial charge >= 0.3 is 0 Å². The van der Waals surface area contributed by atoms with E-state index in [2.05, 4.69) is 25.9 Å². The number of halogens is 2.